The predicted octanol–water partition coefficient (Wildman–Crippen LogP) is 4.33. The molecule has 0 spiro atoms. The van der Waals surface area contributed by atoms with Crippen LogP contribution in [-0.2, 0) is 5.41 Å². The first-order valence-corrected chi connectivity index (χ1v) is 8.64. The topological polar surface area (TPSA) is 72.2 Å². The Morgan fingerprint density at radius 3 is 1.81 bits per heavy atom. The summed E-state index contributed by atoms with van der Waals surface area (Å²) in [6.07, 6.45) is 0. The quantitative estimate of drug-likeness (QED) is 0.525. The van der Waals surface area contributed by atoms with Crippen LogP contribution in [0.4, 0.5) is 5.69 Å². The van der Waals surface area contributed by atoms with Gasteiger partial charge in [-0.1, -0.05) is 60.7 Å². The number of hydrogen-bond donors (Lipinski definition) is 1. The van der Waals surface area contributed by atoms with Gasteiger partial charge in [0.2, 0.25) is 0 Å². The maximum atomic E-state index is 12.6. The Labute approximate surface area is 157 Å². The number of non-ortho nitro benzene ring substituents is 1. The van der Waals surface area contributed by atoms with Crippen LogP contribution in [0.5, 0.6) is 0 Å². The first-order valence-electron chi connectivity index (χ1n) is 8.64. The van der Waals surface area contributed by atoms with Gasteiger partial charge in [-0.25, -0.2) is 0 Å². The van der Waals surface area contributed by atoms with Gasteiger partial charge in [-0.2, -0.15) is 0 Å². The largest absolute Gasteiger partial charge is 0.351 e. The normalized spacial score (nSPS) is 11.0. The first-order chi connectivity index (χ1) is 13.0. The van der Waals surface area contributed by atoms with Crippen LogP contribution in [-0.4, -0.2) is 17.4 Å². The number of hydrogen-bond acceptors (Lipinski definition) is 3. The van der Waals surface area contributed by atoms with Crippen molar-refractivity contribution >= 4 is 11.6 Å². The highest BCUT2D eigenvalue weighted by atomic mass is 16.6. The van der Waals surface area contributed by atoms with Crippen molar-refractivity contribution in [3.63, 3.8) is 0 Å². The lowest BCUT2D eigenvalue weighted by molar-refractivity contribution is -0.384. The molecule has 0 saturated carbocycles. The number of benzene rings is 3. The number of rotatable bonds is 6. The molecule has 3 rings (SSSR count). The zero-order chi connectivity index (χ0) is 19.3. The fourth-order valence-corrected chi connectivity index (χ4v) is 3.08. The molecule has 0 fully saturated rings. The molecule has 1 N–H and O–H groups in total. The second-order valence-electron chi connectivity index (χ2n) is 6.55. The van der Waals surface area contributed by atoms with E-state index in [1.54, 1.807) is 0 Å². The second kappa shape index (κ2) is 7.83. The third-order valence-corrected chi connectivity index (χ3v) is 4.76. The van der Waals surface area contributed by atoms with Crippen LogP contribution >= 0.6 is 0 Å². The van der Waals surface area contributed by atoms with Gasteiger partial charge in [0.1, 0.15) is 0 Å². The molecule has 5 heteroatoms. The molecule has 27 heavy (non-hydrogen) atoms. The van der Waals surface area contributed by atoms with E-state index >= 15 is 0 Å². The zero-order valence-corrected chi connectivity index (χ0v) is 15.0. The van der Waals surface area contributed by atoms with E-state index in [0.29, 0.717) is 12.1 Å². The standard InChI is InChI=1S/C22H20N2O3/c1-22(18-8-4-2-5-9-18,19-10-6-3-7-11-19)16-23-21(25)17-12-14-20(15-13-17)24(26)27/h2-15H,16H2,1H3,(H,23,25). The molecule has 0 radical (unpaired) electrons. The Hall–Kier alpha value is -3.47. The van der Waals surface area contributed by atoms with Crippen LogP contribution in [0.1, 0.15) is 28.4 Å². The zero-order valence-electron chi connectivity index (χ0n) is 15.0. The van der Waals surface area contributed by atoms with Crippen molar-refractivity contribution in [3.8, 4) is 0 Å². The summed E-state index contributed by atoms with van der Waals surface area (Å²) in [4.78, 5) is 22.8. The molecule has 0 heterocycles. The van der Waals surface area contributed by atoms with Gasteiger partial charge in [0.05, 0.1) is 4.92 Å². The van der Waals surface area contributed by atoms with E-state index < -0.39 is 10.3 Å². The van der Waals surface area contributed by atoms with Gasteiger partial charge >= 0.3 is 0 Å². The van der Waals surface area contributed by atoms with Gasteiger partial charge in [0.15, 0.2) is 0 Å². The number of nitrogens with zero attached hydrogens (tertiary/aromatic N) is 1. The lowest BCUT2D eigenvalue weighted by Gasteiger charge is -2.31. The SMILES string of the molecule is CC(CNC(=O)c1ccc([N+](=O)[O-])cc1)(c1ccccc1)c1ccccc1. The molecule has 0 bridgehead atoms. The fraction of sp³-hybridized carbons (Fsp3) is 0.136. The third-order valence-electron chi connectivity index (χ3n) is 4.76. The number of nitrogens with one attached hydrogen (secondary N) is 1. The monoisotopic (exact) mass is 360 g/mol. The average Bonchev–Trinajstić information content (AvgIpc) is 2.73. The van der Waals surface area contributed by atoms with Crippen molar-refractivity contribution in [3.05, 3.63) is 112 Å². The summed E-state index contributed by atoms with van der Waals surface area (Å²) in [5, 5.41) is 13.7. The first kappa shape index (κ1) is 18.3. The summed E-state index contributed by atoms with van der Waals surface area (Å²) < 4.78 is 0. The van der Waals surface area contributed by atoms with Crippen LogP contribution in [0.2, 0.25) is 0 Å². The maximum Gasteiger partial charge on any atom is 0.269 e. The van der Waals surface area contributed by atoms with Crippen molar-refractivity contribution in [1.29, 1.82) is 0 Å². The summed E-state index contributed by atoms with van der Waals surface area (Å²) in [6.45, 7) is 2.49. The van der Waals surface area contributed by atoms with E-state index in [1.807, 2.05) is 60.7 Å². The Balaban J connectivity index is 1.83. The molecular formula is C22H20N2O3. The van der Waals surface area contributed by atoms with Crippen molar-refractivity contribution in [2.75, 3.05) is 6.54 Å². The van der Waals surface area contributed by atoms with Crippen LogP contribution < -0.4 is 5.32 Å². The minimum Gasteiger partial charge on any atom is -0.351 e. The summed E-state index contributed by atoms with van der Waals surface area (Å²) in [6, 6.07) is 25.6. The highest BCUT2D eigenvalue weighted by molar-refractivity contribution is 5.94. The van der Waals surface area contributed by atoms with Crippen LogP contribution in [0.15, 0.2) is 84.9 Å². The van der Waals surface area contributed by atoms with Crippen molar-refractivity contribution in [2.24, 2.45) is 0 Å². The third kappa shape index (κ3) is 4.03. The van der Waals surface area contributed by atoms with Gasteiger partial charge in [-0.3, -0.25) is 14.9 Å². The summed E-state index contributed by atoms with van der Waals surface area (Å²) in [7, 11) is 0. The van der Waals surface area contributed by atoms with Gasteiger partial charge in [0, 0.05) is 29.7 Å². The average molecular weight is 360 g/mol. The molecule has 0 saturated heterocycles. The van der Waals surface area contributed by atoms with Gasteiger partial charge in [-0.15, -0.1) is 0 Å². The Bertz CT molecular complexity index is 883. The van der Waals surface area contributed by atoms with E-state index in [0.717, 1.165) is 11.1 Å². The number of carbonyl (C=O) groups excluding carboxylic acids is 1. The molecule has 0 aliphatic rings. The van der Waals surface area contributed by atoms with Gasteiger partial charge < -0.3 is 5.32 Å². The molecule has 0 aliphatic heterocycles. The van der Waals surface area contributed by atoms with E-state index in [9.17, 15) is 14.9 Å². The fourth-order valence-electron chi connectivity index (χ4n) is 3.08. The molecule has 0 atom stereocenters. The number of carbonyl (C=O) groups is 1. The van der Waals surface area contributed by atoms with Crippen LogP contribution in [0.25, 0.3) is 0 Å². The Kier molecular flexibility index (Phi) is 5.31. The van der Waals surface area contributed by atoms with Crippen molar-refractivity contribution < 1.29 is 9.72 Å². The molecule has 3 aromatic rings. The molecule has 1 amide bonds. The minimum absolute atomic E-state index is 0.0371. The summed E-state index contributed by atoms with van der Waals surface area (Å²) in [5.74, 6) is -0.261. The minimum atomic E-state index is -0.483. The van der Waals surface area contributed by atoms with Crippen molar-refractivity contribution in [1.82, 2.24) is 5.32 Å². The van der Waals surface area contributed by atoms with E-state index in [1.165, 1.54) is 24.3 Å². The van der Waals surface area contributed by atoms with Gasteiger partial charge in [-0.05, 0) is 30.2 Å². The second-order valence-corrected chi connectivity index (χ2v) is 6.55. The lowest BCUT2D eigenvalue weighted by Crippen LogP contribution is -2.39. The summed E-state index contributed by atoms with van der Waals surface area (Å²) >= 11 is 0. The molecule has 0 aromatic heterocycles. The van der Waals surface area contributed by atoms with Gasteiger partial charge in [0.25, 0.3) is 11.6 Å². The molecule has 136 valence electrons. The lowest BCUT2D eigenvalue weighted by atomic mass is 9.76. The molecular weight excluding hydrogens is 340 g/mol. The highest BCUT2D eigenvalue weighted by Crippen LogP contribution is 2.31. The smallest absolute Gasteiger partial charge is 0.269 e. The maximum absolute atomic E-state index is 12.6. The van der Waals surface area contributed by atoms with E-state index in [4.69, 9.17) is 0 Å². The summed E-state index contributed by atoms with van der Waals surface area (Å²) in [5.41, 5.74) is 2.15. The number of nitro groups is 1. The van der Waals surface area contributed by atoms with E-state index in [-0.39, 0.29) is 11.6 Å². The molecule has 3 aromatic carbocycles. The Morgan fingerprint density at radius 1 is 0.889 bits per heavy atom. The molecule has 0 unspecified atom stereocenters. The van der Waals surface area contributed by atoms with E-state index in [2.05, 4.69) is 12.2 Å². The number of amides is 1. The molecule has 0 aliphatic carbocycles. The van der Waals surface area contributed by atoms with Crippen LogP contribution in [0, 0.1) is 10.1 Å². The highest BCUT2D eigenvalue weighted by Gasteiger charge is 2.29. The number of nitro benzene ring substituents is 1. The molecule has 5 nitrogen and oxygen atoms in total. The van der Waals surface area contributed by atoms with Crippen molar-refractivity contribution in [2.45, 2.75) is 12.3 Å². The van der Waals surface area contributed by atoms with Crippen LogP contribution in [0.3, 0.4) is 0 Å². The Morgan fingerprint density at radius 2 is 1.37 bits per heavy atom. The predicted molar refractivity (Wildman–Crippen MR) is 105 cm³/mol.